The second-order valence-electron chi connectivity index (χ2n) is 2.16. The number of rotatable bonds is 4. The van der Waals surface area contributed by atoms with Gasteiger partial charge in [0.25, 0.3) is 0 Å². The van der Waals surface area contributed by atoms with Crippen LogP contribution in [0, 0.1) is 0 Å². The van der Waals surface area contributed by atoms with E-state index in [2.05, 4.69) is 13.2 Å². The predicted molar refractivity (Wildman–Crippen MR) is 48.2 cm³/mol. The normalized spacial score (nSPS) is 12.2. The van der Waals surface area contributed by atoms with Crippen LogP contribution in [-0.2, 0) is 0 Å². The van der Waals surface area contributed by atoms with Crippen LogP contribution in [0.2, 0.25) is 0 Å². The van der Waals surface area contributed by atoms with Crippen LogP contribution in [0.25, 0.3) is 0 Å². The fraction of sp³-hybridized carbons (Fsp3) is 0.333. The van der Waals surface area contributed by atoms with Crippen LogP contribution < -0.4 is 0 Å². The highest BCUT2D eigenvalue weighted by Crippen LogP contribution is 2.14. The summed E-state index contributed by atoms with van der Waals surface area (Å²) in [7, 11) is 0. The van der Waals surface area contributed by atoms with E-state index in [9.17, 15) is 0 Å². The van der Waals surface area contributed by atoms with E-state index in [4.69, 9.17) is 11.6 Å². The zero-order valence-corrected chi connectivity index (χ0v) is 7.12. The van der Waals surface area contributed by atoms with Crippen LogP contribution in [0.1, 0.15) is 19.8 Å². The van der Waals surface area contributed by atoms with Crippen molar-refractivity contribution in [1.82, 2.24) is 0 Å². The molecule has 56 valence electrons. The molecule has 0 aromatic carbocycles. The first kappa shape index (κ1) is 9.51. The molecule has 0 amide bonds. The Morgan fingerprint density at radius 2 is 2.10 bits per heavy atom. The third kappa shape index (κ3) is 3.52. The molecular formula is C9H13Cl. The number of halogens is 1. The molecule has 0 radical (unpaired) electrons. The first-order valence-corrected chi connectivity index (χ1v) is 3.68. The van der Waals surface area contributed by atoms with Crippen molar-refractivity contribution in [2.24, 2.45) is 0 Å². The Bertz CT molecular complexity index is 154. The van der Waals surface area contributed by atoms with Crippen molar-refractivity contribution in [2.75, 3.05) is 0 Å². The maximum Gasteiger partial charge on any atom is 0.0389 e. The van der Waals surface area contributed by atoms with Gasteiger partial charge in [0.05, 0.1) is 0 Å². The van der Waals surface area contributed by atoms with Crippen molar-refractivity contribution in [1.29, 1.82) is 0 Å². The van der Waals surface area contributed by atoms with Crippen LogP contribution >= 0.6 is 11.6 Å². The monoisotopic (exact) mass is 156 g/mol. The maximum atomic E-state index is 5.78. The summed E-state index contributed by atoms with van der Waals surface area (Å²) in [5, 5.41) is 0.766. The van der Waals surface area contributed by atoms with Crippen molar-refractivity contribution in [3.8, 4) is 0 Å². The molecule has 0 aliphatic rings. The first-order valence-electron chi connectivity index (χ1n) is 3.31. The van der Waals surface area contributed by atoms with Gasteiger partial charge in [0, 0.05) is 5.03 Å². The predicted octanol–water partition coefficient (Wildman–Crippen LogP) is 3.65. The summed E-state index contributed by atoms with van der Waals surface area (Å²) in [6.45, 7) is 9.21. The quantitative estimate of drug-likeness (QED) is 0.431. The minimum atomic E-state index is 0.766. The average molecular weight is 157 g/mol. The summed E-state index contributed by atoms with van der Waals surface area (Å²) in [6, 6.07) is 0. The molecule has 0 spiro atoms. The van der Waals surface area contributed by atoms with Crippen LogP contribution in [0.4, 0.5) is 0 Å². The molecule has 0 aliphatic heterocycles. The van der Waals surface area contributed by atoms with E-state index in [1.165, 1.54) is 5.57 Å². The smallest absolute Gasteiger partial charge is 0.0389 e. The van der Waals surface area contributed by atoms with Gasteiger partial charge in [0.2, 0.25) is 0 Å². The van der Waals surface area contributed by atoms with Crippen molar-refractivity contribution in [2.45, 2.75) is 19.8 Å². The first-order chi connectivity index (χ1) is 4.72. The fourth-order valence-corrected chi connectivity index (χ4v) is 0.707. The molecule has 0 unspecified atom stereocenters. The Morgan fingerprint density at radius 3 is 2.50 bits per heavy atom. The maximum absolute atomic E-state index is 5.78. The molecule has 0 bridgehead atoms. The molecule has 0 N–H and O–H groups in total. The second-order valence-corrected chi connectivity index (χ2v) is 2.57. The zero-order chi connectivity index (χ0) is 7.98. The molecule has 0 saturated carbocycles. The molecule has 1 heteroatoms. The zero-order valence-electron chi connectivity index (χ0n) is 6.36. The standard InChI is InChI=1S/C9H13Cl/c1-4-6-7-8(3)9(10)5-2/h4-5H,1-2,6-7H2,3H3/b9-8-. The van der Waals surface area contributed by atoms with Gasteiger partial charge in [-0.1, -0.05) is 35.9 Å². The third-order valence-electron chi connectivity index (χ3n) is 1.31. The molecule has 0 nitrogen and oxygen atoms in total. The van der Waals surface area contributed by atoms with Gasteiger partial charge in [-0.25, -0.2) is 0 Å². The number of hydrogen-bond acceptors (Lipinski definition) is 0. The minimum absolute atomic E-state index is 0.766. The van der Waals surface area contributed by atoms with Gasteiger partial charge in [0.15, 0.2) is 0 Å². The van der Waals surface area contributed by atoms with Gasteiger partial charge in [-0.3, -0.25) is 0 Å². The fourth-order valence-electron chi connectivity index (χ4n) is 0.612. The molecule has 0 saturated heterocycles. The van der Waals surface area contributed by atoms with Crippen molar-refractivity contribution in [3.05, 3.63) is 35.9 Å². The van der Waals surface area contributed by atoms with E-state index in [1.807, 2.05) is 13.0 Å². The summed E-state index contributed by atoms with van der Waals surface area (Å²) in [4.78, 5) is 0. The molecule has 0 aromatic rings. The summed E-state index contributed by atoms with van der Waals surface area (Å²) in [5.74, 6) is 0. The SMILES string of the molecule is C=CCC/C(C)=C(\Cl)C=C. The van der Waals surface area contributed by atoms with Crippen molar-refractivity contribution in [3.63, 3.8) is 0 Å². The molecule has 0 rings (SSSR count). The highest BCUT2D eigenvalue weighted by Gasteiger charge is 1.92. The van der Waals surface area contributed by atoms with E-state index < -0.39 is 0 Å². The lowest BCUT2D eigenvalue weighted by Gasteiger charge is -1.97. The summed E-state index contributed by atoms with van der Waals surface area (Å²) in [6.07, 6.45) is 5.51. The van der Waals surface area contributed by atoms with Crippen LogP contribution in [-0.4, -0.2) is 0 Å². The highest BCUT2D eigenvalue weighted by atomic mass is 35.5. The summed E-state index contributed by atoms with van der Waals surface area (Å²) >= 11 is 5.78. The average Bonchev–Trinajstić information content (AvgIpc) is 1.98. The summed E-state index contributed by atoms with van der Waals surface area (Å²) in [5.41, 5.74) is 1.18. The highest BCUT2D eigenvalue weighted by molar-refractivity contribution is 6.31. The molecule has 0 aliphatic carbocycles. The molecule has 0 aromatic heterocycles. The molecule has 0 fully saturated rings. The van der Waals surface area contributed by atoms with Crippen molar-refractivity contribution < 1.29 is 0 Å². The number of allylic oxidation sites excluding steroid dienone is 4. The Morgan fingerprint density at radius 1 is 1.50 bits per heavy atom. The lowest BCUT2D eigenvalue weighted by atomic mass is 10.1. The largest absolute Gasteiger partial charge is 0.103 e. The lowest BCUT2D eigenvalue weighted by Crippen LogP contribution is -1.77. The topological polar surface area (TPSA) is 0 Å². The van der Waals surface area contributed by atoms with Crippen LogP contribution in [0.15, 0.2) is 35.9 Å². The molecule has 10 heavy (non-hydrogen) atoms. The van der Waals surface area contributed by atoms with E-state index in [0.29, 0.717) is 0 Å². The molecular weight excluding hydrogens is 144 g/mol. The van der Waals surface area contributed by atoms with Gasteiger partial charge < -0.3 is 0 Å². The van der Waals surface area contributed by atoms with Crippen LogP contribution in [0.3, 0.4) is 0 Å². The molecule has 0 heterocycles. The Labute approximate surface area is 67.9 Å². The van der Waals surface area contributed by atoms with E-state index in [1.54, 1.807) is 6.08 Å². The van der Waals surface area contributed by atoms with Crippen LogP contribution in [0.5, 0.6) is 0 Å². The van der Waals surface area contributed by atoms with Gasteiger partial charge in [-0.2, -0.15) is 0 Å². The Balaban J connectivity index is 3.90. The third-order valence-corrected chi connectivity index (χ3v) is 1.79. The van der Waals surface area contributed by atoms with Gasteiger partial charge in [-0.05, 0) is 19.8 Å². The van der Waals surface area contributed by atoms with E-state index in [-0.39, 0.29) is 0 Å². The minimum Gasteiger partial charge on any atom is -0.103 e. The van der Waals surface area contributed by atoms with E-state index >= 15 is 0 Å². The molecule has 0 atom stereocenters. The van der Waals surface area contributed by atoms with Gasteiger partial charge in [0.1, 0.15) is 0 Å². The van der Waals surface area contributed by atoms with Crippen molar-refractivity contribution >= 4 is 11.6 Å². The Kier molecular flexibility index (Phi) is 5.05. The van der Waals surface area contributed by atoms with E-state index in [0.717, 1.165) is 17.9 Å². The Hall–Kier alpha value is -0.490. The van der Waals surface area contributed by atoms with Gasteiger partial charge in [-0.15, -0.1) is 6.58 Å². The number of hydrogen-bond donors (Lipinski definition) is 0. The lowest BCUT2D eigenvalue weighted by molar-refractivity contribution is 0.977. The summed E-state index contributed by atoms with van der Waals surface area (Å²) < 4.78 is 0. The van der Waals surface area contributed by atoms with Gasteiger partial charge >= 0.3 is 0 Å². The second kappa shape index (κ2) is 5.31.